The van der Waals surface area contributed by atoms with E-state index in [4.69, 9.17) is 0 Å². The number of nitrogens with zero attached hydrogens (tertiary/aromatic N) is 7. The summed E-state index contributed by atoms with van der Waals surface area (Å²) in [6.07, 6.45) is 4.98. The van der Waals surface area contributed by atoms with Gasteiger partial charge in [0.05, 0.1) is 11.2 Å². The van der Waals surface area contributed by atoms with Gasteiger partial charge in [-0.2, -0.15) is 13.4 Å². The molecule has 1 amide bonds. The molecular formula is C29H29N9O6S2. The van der Waals surface area contributed by atoms with Crippen LogP contribution in [0.3, 0.4) is 0 Å². The summed E-state index contributed by atoms with van der Waals surface area (Å²) < 4.78 is 53.3. The van der Waals surface area contributed by atoms with Crippen molar-refractivity contribution in [2.45, 2.75) is 30.3 Å². The lowest BCUT2D eigenvalue weighted by Gasteiger charge is -2.30. The van der Waals surface area contributed by atoms with Crippen LogP contribution in [-0.4, -0.2) is 81.1 Å². The van der Waals surface area contributed by atoms with Crippen molar-refractivity contribution in [2.75, 3.05) is 30.0 Å². The molecule has 1 saturated heterocycles. The van der Waals surface area contributed by atoms with Gasteiger partial charge in [-0.15, -0.1) is 9.19 Å². The van der Waals surface area contributed by atoms with Crippen LogP contribution in [0, 0.1) is 0 Å². The number of hydrogen-bond acceptors (Lipinski definition) is 11. The summed E-state index contributed by atoms with van der Waals surface area (Å²) in [4.78, 5) is 38.7. The number of nitrogens with one attached hydrogen (secondary N) is 2. The standard InChI is InChI=1S/C29H29N9O6S2/c1-45(41,42)36-15-13-23(14-16-36)33-29-30-17-21-7-12-26(40)37(28(21)34-29)18-25(39)32-22-8-10-24(11-9-22)46(43,44)38-19-31-27(35-38)20-5-3-2-4-6-20/h2-12,17,19,23H,13-16,18H2,1H3,(H,32,39)(H,30,33,34). The van der Waals surface area contributed by atoms with Crippen molar-refractivity contribution in [3.05, 3.63) is 89.6 Å². The Morgan fingerprint density at radius 1 is 0.935 bits per heavy atom. The third-order valence-corrected chi connectivity index (χ3v) is 10.3. The average Bonchev–Trinajstić information content (AvgIpc) is 3.55. The summed E-state index contributed by atoms with van der Waals surface area (Å²) in [6, 6.07) is 17.3. The first-order chi connectivity index (χ1) is 22.0. The van der Waals surface area contributed by atoms with E-state index in [1.165, 1.54) is 45.5 Å². The predicted octanol–water partition coefficient (Wildman–Crippen LogP) is 1.76. The first-order valence-electron chi connectivity index (χ1n) is 14.2. The number of rotatable bonds is 9. The fourth-order valence-corrected chi connectivity index (χ4v) is 6.98. The number of hydrogen-bond donors (Lipinski definition) is 2. The van der Waals surface area contributed by atoms with Gasteiger partial charge in [0.2, 0.25) is 21.9 Å². The van der Waals surface area contributed by atoms with E-state index in [-0.39, 0.29) is 34.9 Å². The molecule has 6 rings (SSSR count). The van der Waals surface area contributed by atoms with E-state index in [2.05, 4.69) is 30.7 Å². The number of piperidine rings is 1. The number of sulfonamides is 1. The van der Waals surface area contributed by atoms with Crippen LogP contribution in [0.25, 0.3) is 22.4 Å². The summed E-state index contributed by atoms with van der Waals surface area (Å²) >= 11 is 0. The van der Waals surface area contributed by atoms with Crippen LogP contribution < -0.4 is 16.2 Å². The molecule has 0 bridgehead atoms. The molecule has 17 heteroatoms. The van der Waals surface area contributed by atoms with Crippen molar-refractivity contribution in [2.24, 2.45) is 0 Å². The molecule has 0 unspecified atom stereocenters. The number of carbonyl (C=O) groups excluding carboxylic acids is 1. The van der Waals surface area contributed by atoms with Crippen LogP contribution in [0.4, 0.5) is 11.6 Å². The van der Waals surface area contributed by atoms with E-state index in [0.29, 0.717) is 42.6 Å². The Morgan fingerprint density at radius 2 is 1.65 bits per heavy atom. The Morgan fingerprint density at radius 3 is 2.35 bits per heavy atom. The van der Waals surface area contributed by atoms with E-state index in [1.807, 2.05) is 6.07 Å². The fourth-order valence-electron chi connectivity index (χ4n) is 5.05. The SMILES string of the molecule is CS(=O)(=O)N1CCC(Nc2ncc3ccc(=O)n(CC(=O)Nc4ccc(S(=O)(=O)n5cnc(-c6ccccc6)n5)cc4)c3n2)CC1. The lowest BCUT2D eigenvalue weighted by molar-refractivity contribution is -0.116. The van der Waals surface area contributed by atoms with Crippen molar-refractivity contribution in [1.29, 1.82) is 0 Å². The zero-order valence-corrected chi connectivity index (χ0v) is 26.1. The highest BCUT2D eigenvalue weighted by Crippen LogP contribution is 2.20. The quantitative estimate of drug-likeness (QED) is 0.234. The van der Waals surface area contributed by atoms with Crippen LogP contribution in [0.15, 0.2) is 88.9 Å². The van der Waals surface area contributed by atoms with Gasteiger partial charge in [-0.3, -0.25) is 14.2 Å². The molecule has 238 valence electrons. The topological polar surface area (TPSA) is 191 Å². The number of fused-ring (bicyclic) bond motifs is 1. The van der Waals surface area contributed by atoms with Gasteiger partial charge < -0.3 is 10.6 Å². The zero-order valence-electron chi connectivity index (χ0n) is 24.5. The smallest absolute Gasteiger partial charge is 0.284 e. The Balaban J connectivity index is 1.14. The van der Waals surface area contributed by atoms with Gasteiger partial charge >= 0.3 is 0 Å². The lowest BCUT2D eigenvalue weighted by atomic mass is 10.1. The van der Waals surface area contributed by atoms with Crippen LogP contribution in [-0.2, 0) is 31.4 Å². The minimum Gasteiger partial charge on any atom is -0.351 e. The molecule has 15 nitrogen and oxygen atoms in total. The van der Waals surface area contributed by atoms with E-state index in [0.717, 1.165) is 10.4 Å². The van der Waals surface area contributed by atoms with Crippen LogP contribution in [0.5, 0.6) is 0 Å². The van der Waals surface area contributed by atoms with E-state index < -0.39 is 31.5 Å². The average molecular weight is 664 g/mol. The molecule has 1 aliphatic heterocycles. The van der Waals surface area contributed by atoms with E-state index in [1.54, 1.807) is 36.5 Å². The number of pyridine rings is 1. The van der Waals surface area contributed by atoms with Gasteiger partial charge in [0.1, 0.15) is 18.5 Å². The van der Waals surface area contributed by atoms with Crippen molar-refractivity contribution < 1.29 is 21.6 Å². The summed E-state index contributed by atoms with van der Waals surface area (Å²) in [7, 11) is -7.30. The first kappa shape index (κ1) is 31.0. The zero-order chi connectivity index (χ0) is 32.5. The number of aromatic nitrogens is 6. The van der Waals surface area contributed by atoms with Crippen molar-refractivity contribution in [3.8, 4) is 11.4 Å². The highest BCUT2D eigenvalue weighted by molar-refractivity contribution is 7.89. The lowest BCUT2D eigenvalue weighted by Crippen LogP contribution is -2.42. The maximum atomic E-state index is 13.1. The van der Waals surface area contributed by atoms with Crippen LogP contribution in [0.2, 0.25) is 0 Å². The normalized spacial score (nSPS) is 14.7. The Bertz CT molecular complexity index is 2180. The summed E-state index contributed by atoms with van der Waals surface area (Å²) in [6.45, 7) is 0.385. The Labute approximate surface area is 264 Å². The molecule has 46 heavy (non-hydrogen) atoms. The van der Waals surface area contributed by atoms with Gasteiger partial charge in [0.15, 0.2) is 5.82 Å². The summed E-state index contributed by atoms with van der Waals surface area (Å²) in [5.74, 6) is -0.0137. The monoisotopic (exact) mass is 663 g/mol. The largest absolute Gasteiger partial charge is 0.351 e. The van der Waals surface area contributed by atoms with Crippen LogP contribution >= 0.6 is 0 Å². The third kappa shape index (κ3) is 6.65. The second-order valence-corrected chi connectivity index (χ2v) is 14.5. The number of carbonyl (C=O) groups is 1. The molecule has 0 radical (unpaired) electrons. The molecule has 0 atom stereocenters. The van der Waals surface area contributed by atoms with Crippen molar-refractivity contribution >= 4 is 48.6 Å². The minimum atomic E-state index is -4.04. The summed E-state index contributed by atoms with van der Waals surface area (Å²) in [5.41, 5.74) is 0.792. The van der Waals surface area contributed by atoms with Gasteiger partial charge in [-0.1, -0.05) is 30.3 Å². The van der Waals surface area contributed by atoms with Crippen molar-refractivity contribution in [1.82, 2.24) is 33.0 Å². The molecule has 0 aliphatic carbocycles. The first-order valence-corrected chi connectivity index (χ1v) is 17.5. The molecule has 0 spiro atoms. The van der Waals surface area contributed by atoms with Crippen molar-refractivity contribution in [3.63, 3.8) is 0 Å². The number of amides is 1. The third-order valence-electron chi connectivity index (χ3n) is 7.47. The molecule has 5 aromatic rings. The minimum absolute atomic E-state index is 0.0565. The van der Waals surface area contributed by atoms with Gasteiger partial charge in [0, 0.05) is 48.0 Å². The molecule has 0 saturated carbocycles. The summed E-state index contributed by atoms with van der Waals surface area (Å²) in [5, 5.41) is 10.5. The highest BCUT2D eigenvalue weighted by Gasteiger charge is 2.25. The number of benzene rings is 2. The molecule has 3 aromatic heterocycles. The van der Waals surface area contributed by atoms with Crippen LogP contribution in [0.1, 0.15) is 12.8 Å². The number of anilines is 2. The highest BCUT2D eigenvalue weighted by atomic mass is 32.2. The second-order valence-electron chi connectivity index (χ2n) is 10.7. The molecule has 1 fully saturated rings. The maximum Gasteiger partial charge on any atom is 0.284 e. The Hall–Kier alpha value is -5.00. The molecule has 4 heterocycles. The van der Waals surface area contributed by atoms with E-state index in [9.17, 15) is 26.4 Å². The molecular weight excluding hydrogens is 635 g/mol. The molecule has 2 N–H and O–H groups in total. The fraction of sp³-hybridized carbons (Fsp3) is 0.241. The van der Waals surface area contributed by atoms with Gasteiger partial charge in [-0.25, -0.2) is 22.7 Å². The molecule has 2 aromatic carbocycles. The second kappa shape index (κ2) is 12.4. The Kier molecular flexibility index (Phi) is 8.37. The van der Waals surface area contributed by atoms with E-state index >= 15 is 0 Å². The van der Waals surface area contributed by atoms with Gasteiger partial charge in [-0.05, 0) is 43.2 Å². The maximum absolute atomic E-state index is 13.1. The molecule has 1 aliphatic rings. The van der Waals surface area contributed by atoms with Gasteiger partial charge in [0.25, 0.3) is 15.6 Å². The predicted molar refractivity (Wildman–Crippen MR) is 170 cm³/mol.